The number of rotatable bonds is 8. The van der Waals surface area contributed by atoms with Crippen molar-refractivity contribution in [2.75, 3.05) is 9.80 Å². The zero-order chi connectivity index (χ0) is 76.4. The summed E-state index contributed by atoms with van der Waals surface area (Å²) < 4.78 is 31.6. The standard InChI is InChI=1S/C50H35NO.C50H33N.C2H4O2.H2O4S/c52-50(44-26-12-7-21-39(44)35-31-33-38(34-32-35)51(36-17-3-1-4-18-36)37-19-5-2-6-20-37)47-29-15-13-27-45(47)49(46-28-14-16-30-48(46)50)42-24-10-8-22-40(42)41-23-9-11-25-43(41)49;1-3-17-34(18-4-1)51(35-19-5-2-6-20-35)36-31-32-40-39-23-9-12-26-43(39)50(48(40)33-36)46-29-15-13-27-44(46)49(45-28-14-16-30-47(45)50)41-24-10-7-21-37(41)38-22-8-11-25-42(38)49;1-2(3)4;1-5(2,3)4/h1-34,52H;1-33H;1H3,(H,3,4);(H2,1,2,3,4). The molecule has 21 rings (SSSR count). The Labute approximate surface area is 651 Å². The molecule has 5 aliphatic carbocycles. The van der Waals surface area contributed by atoms with Gasteiger partial charge in [-0.25, -0.2) is 0 Å². The van der Waals surface area contributed by atoms with E-state index in [9.17, 15) is 5.11 Å². The summed E-state index contributed by atoms with van der Waals surface area (Å²) in [5, 5.41) is 21.1. The van der Waals surface area contributed by atoms with E-state index in [1.54, 1.807) is 0 Å². The fourth-order valence-electron chi connectivity index (χ4n) is 19.1. The molecule has 16 aromatic rings. The predicted octanol–water partition coefficient (Wildman–Crippen LogP) is 23.4. The number of nitrogens with zero attached hydrogens (tertiary/aromatic N) is 2. The molecule has 0 atom stereocenters. The number of para-hydroxylation sites is 4. The number of carbonyl (C=O) groups is 1. The summed E-state index contributed by atoms with van der Waals surface area (Å²) in [4.78, 5) is 13.7. The number of fused-ring (bicyclic) bond motifs is 25. The van der Waals surface area contributed by atoms with Crippen LogP contribution in [0, 0.1) is 0 Å². The van der Waals surface area contributed by atoms with Crippen LogP contribution in [0.2, 0.25) is 0 Å². The third kappa shape index (κ3) is 11.1. The number of anilines is 6. The number of hydrogen-bond donors (Lipinski definition) is 4. The minimum Gasteiger partial charge on any atom is -0.481 e. The van der Waals surface area contributed by atoms with Gasteiger partial charge in [0.25, 0.3) is 5.97 Å². The van der Waals surface area contributed by atoms with Gasteiger partial charge in [-0.1, -0.05) is 334 Å². The first kappa shape index (κ1) is 70.1. The molecular formula is C102H74N2O7S. The van der Waals surface area contributed by atoms with Gasteiger partial charge in [0.15, 0.2) is 0 Å². The van der Waals surface area contributed by atoms with Crippen LogP contribution in [0.25, 0.3) is 44.5 Å². The third-order valence-electron chi connectivity index (χ3n) is 22.9. The first-order chi connectivity index (χ1) is 54.8. The van der Waals surface area contributed by atoms with Gasteiger partial charge in [-0.2, -0.15) is 8.42 Å². The average Bonchev–Trinajstić information content (AvgIpc) is 1.45. The molecule has 0 saturated heterocycles. The molecule has 4 N–H and O–H groups in total. The van der Waals surface area contributed by atoms with Gasteiger partial charge in [-0.3, -0.25) is 13.9 Å². The molecule has 0 fully saturated rings. The molecule has 0 saturated carbocycles. The normalized spacial score (nSPS) is 14.0. The minimum atomic E-state index is -4.67. The van der Waals surface area contributed by atoms with Crippen molar-refractivity contribution in [3.8, 4) is 44.5 Å². The van der Waals surface area contributed by atoms with E-state index in [4.69, 9.17) is 27.4 Å². The molecule has 0 unspecified atom stereocenters. The van der Waals surface area contributed by atoms with Crippen LogP contribution >= 0.6 is 0 Å². The molecule has 10 heteroatoms. The smallest absolute Gasteiger partial charge is 0.394 e. The lowest BCUT2D eigenvalue weighted by Crippen LogP contribution is -2.44. The minimum absolute atomic E-state index is 0.443. The lowest BCUT2D eigenvalue weighted by Gasteiger charge is -2.49. The zero-order valence-corrected chi connectivity index (χ0v) is 61.8. The lowest BCUT2D eigenvalue weighted by molar-refractivity contribution is -0.134. The maximum Gasteiger partial charge on any atom is 0.394 e. The van der Waals surface area contributed by atoms with Crippen LogP contribution in [0.3, 0.4) is 0 Å². The fraction of sp³-hybridized carbons (Fsp3) is 0.0490. The summed E-state index contributed by atoms with van der Waals surface area (Å²) in [5.74, 6) is -0.833. The Morgan fingerprint density at radius 2 is 0.438 bits per heavy atom. The van der Waals surface area contributed by atoms with Gasteiger partial charge in [0.2, 0.25) is 0 Å². The van der Waals surface area contributed by atoms with Crippen molar-refractivity contribution in [3.05, 3.63) is 490 Å². The van der Waals surface area contributed by atoms with Gasteiger partial charge in [0, 0.05) is 46.6 Å². The van der Waals surface area contributed by atoms with Crippen LogP contribution in [0.1, 0.15) is 90.4 Å². The highest BCUT2D eigenvalue weighted by molar-refractivity contribution is 7.79. The quantitative estimate of drug-likeness (QED) is 0.110. The van der Waals surface area contributed by atoms with Crippen molar-refractivity contribution in [3.63, 3.8) is 0 Å². The molecule has 0 bridgehead atoms. The van der Waals surface area contributed by atoms with E-state index >= 15 is 0 Å². The van der Waals surface area contributed by atoms with E-state index < -0.39 is 38.2 Å². The average molecular weight is 1470 g/mol. The van der Waals surface area contributed by atoms with Crippen LogP contribution in [0.15, 0.2) is 406 Å². The second kappa shape index (κ2) is 28.1. The monoisotopic (exact) mass is 1470 g/mol. The summed E-state index contributed by atoms with van der Waals surface area (Å²) in [5.41, 5.74) is 31.7. The second-order valence-corrected chi connectivity index (χ2v) is 29.6. The molecular weight excluding hydrogens is 1400 g/mol. The first-order valence-electron chi connectivity index (χ1n) is 37.4. The van der Waals surface area contributed by atoms with Crippen molar-refractivity contribution in [2.45, 2.75) is 28.8 Å². The van der Waals surface area contributed by atoms with Crippen LogP contribution in [-0.4, -0.2) is 33.7 Å². The number of benzene rings is 16. The molecule has 16 aromatic carbocycles. The number of aliphatic carboxylic acids is 1. The van der Waals surface area contributed by atoms with Gasteiger partial charge < -0.3 is 20.0 Å². The summed E-state index contributed by atoms with van der Waals surface area (Å²) in [6, 6.07) is 147. The van der Waals surface area contributed by atoms with Crippen molar-refractivity contribution in [1.29, 1.82) is 0 Å². The molecule has 5 aliphatic rings. The topological polar surface area (TPSA) is 139 Å². The van der Waals surface area contributed by atoms with Crippen molar-refractivity contribution >= 4 is 50.5 Å². The first-order valence-corrected chi connectivity index (χ1v) is 38.8. The van der Waals surface area contributed by atoms with Crippen LogP contribution in [-0.2, 0) is 37.0 Å². The Morgan fingerprint density at radius 3 is 0.741 bits per heavy atom. The van der Waals surface area contributed by atoms with Gasteiger partial charge in [-0.05, 0) is 195 Å². The Morgan fingerprint density at radius 1 is 0.241 bits per heavy atom. The third-order valence-corrected chi connectivity index (χ3v) is 22.9. The van der Waals surface area contributed by atoms with E-state index in [1.165, 1.54) is 89.0 Å². The Balaban J connectivity index is 0.000000141. The largest absolute Gasteiger partial charge is 0.481 e. The van der Waals surface area contributed by atoms with E-state index in [0.717, 1.165) is 80.0 Å². The highest BCUT2D eigenvalue weighted by atomic mass is 32.3. The zero-order valence-electron chi connectivity index (χ0n) is 61.0. The maximum atomic E-state index is 13.7. The number of hydrogen-bond acceptors (Lipinski definition) is 6. The molecule has 0 aliphatic heterocycles. The highest BCUT2D eigenvalue weighted by Crippen LogP contribution is 2.69. The second-order valence-electron chi connectivity index (χ2n) is 28.7. The molecule has 0 radical (unpaired) electrons. The number of carboxylic acids is 1. The Bertz CT molecular complexity index is 6130. The summed E-state index contributed by atoms with van der Waals surface area (Å²) >= 11 is 0. The number of carboxylic acid groups (broad SMARTS) is 1. The summed E-state index contributed by atoms with van der Waals surface area (Å²) in [6.45, 7) is 1.08. The van der Waals surface area contributed by atoms with Gasteiger partial charge in [-0.15, -0.1) is 0 Å². The molecule has 0 aromatic heterocycles. The van der Waals surface area contributed by atoms with Gasteiger partial charge >= 0.3 is 10.4 Å². The number of aliphatic hydroxyl groups is 1. The van der Waals surface area contributed by atoms with Crippen molar-refractivity contribution < 1.29 is 32.5 Å². The van der Waals surface area contributed by atoms with Crippen molar-refractivity contribution in [1.82, 2.24) is 0 Å². The Hall–Kier alpha value is -13.6. The fourth-order valence-corrected chi connectivity index (χ4v) is 19.1. The van der Waals surface area contributed by atoms with E-state index in [2.05, 4.69) is 398 Å². The SMILES string of the molecule is CC(=O)O.O=S(=O)(O)O.OC1(c2ccccc2-c2ccc(N(c3ccccc3)c3ccccc3)cc2)c2ccccc2C2(c3ccccc3-c3ccccc32)c2ccccc21.c1ccc(N(c2ccccc2)c2ccc3c(c2)C2(c4ccccc4-3)c3ccccc3C3(c4ccccc4-c4ccccc43)c3ccccc32)cc1. The Kier molecular flexibility index (Phi) is 17.6. The van der Waals surface area contributed by atoms with E-state index in [1.807, 2.05) is 18.2 Å². The van der Waals surface area contributed by atoms with Crippen LogP contribution in [0.4, 0.5) is 34.1 Å². The molecule has 9 nitrogen and oxygen atoms in total. The van der Waals surface area contributed by atoms with E-state index in [0.29, 0.717) is 0 Å². The molecule has 112 heavy (non-hydrogen) atoms. The molecule has 3 spiro atoms. The molecule has 540 valence electrons. The highest BCUT2D eigenvalue weighted by Gasteiger charge is 2.60. The summed E-state index contributed by atoms with van der Waals surface area (Å²) in [7, 11) is -4.67. The van der Waals surface area contributed by atoms with Crippen LogP contribution < -0.4 is 9.80 Å². The van der Waals surface area contributed by atoms with Crippen molar-refractivity contribution in [2.24, 2.45) is 0 Å². The maximum absolute atomic E-state index is 13.7. The molecule has 0 amide bonds. The van der Waals surface area contributed by atoms with Gasteiger partial charge in [0.1, 0.15) is 5.60 Å². The predicted molar refractivity (Wildman–Crippen MR) is 449 cm³/mol. The van der Waals surface area contributed by atoms with Crippen LogP contribution in [0.5, 0.6) is 0 Å². The lowest BCUT2D eigenvalue weighted by atomic mass is 9.52. The molecule has 0 heterocycles. The van der Waals surface area contributed by atoms with Gasteiger partial charge in [0.05, 0.1) is 16.2 Å². The van der Waals surface area contributed by atoms with E-state index in [-0.39, 0.29) is 0 Å². The summed E-state index contributed by atoms with van der Waals surface area (Å²) in [6.07, 6.45) is 0.